The van der Waals surface area contributed by atoms with Crippen LogP contribution in [0.2, 0.25) is 0 Å². The van der Waals surface area contributed by atoms with Crippen molar-refractivity contribution in [3.63, 3.8) is 0 Å². The minimum Gasteiger partial charge on any atom is -0.355 e. The zero-order valence-electron chi connectivity index (χ0n) is 23.4. The van der Waals surface area contributed by atoms with Gasteiger partial charge in [-0.05, 0) is 73.2 Å². The third-order valence-corrected chi connectivity index (χ3v) is 7.71. The lowest BCUT2D eigenvalue weighted by Gasteiger charge is -2.15. The largest absolute Gasteiger partial charge is 0.355 e. The molecule has 3 aromatic heterocycles. The van der Waals surface area contributed by atoms with E-state index in [1.807, 2.05) is 30.3 Å². The Hall–Kier alpha value is -5.14. The van der Waals surface area contributed by atoms with Crippen molar-refractivity contribution in [1.82, 2.24) is 19.9 Å². The number of H-pyrrole nitrogens is 2. The SMILES string of the molecule is Cc1ccc(-c2c3nc(cc4nc(cc5ccc(cc6ccc2[nH]6)[nH]5)C(C)(C)C4)C(C#Cc2ccccc2)=C3)cc1. The molecule has 0 saturated carbocycles. The van der Waals surface area contributed by atoms with E-state index in [-0.39, 0.29) is 5.41 Å². The van der Waals surface area contributed by atoms with E-state index in [0.717, 1.165) is 73.5 Å². The van der Waals surface area contributed by atoms with E-state index < -0.39 is 0 Å². The third kappa shape index (κ3) is 4.99. The fourth-order valence-corrected chi connectivity index (χ4v) is 5.51. The molecule has 5 heterocycles. The van der Waals surface area contributed by atoms with Crippen LogP contribution in [0.1, 0.15) is 47.8 Å². The summed E-state index contributed by atoms with van der Waals surface area (Å²) in [6.07, 6.45) is 2.95. The first kappa shape index (κ1) is 24.9. The standard InChI is InChI=1S/C37H30N4/c1-24-9-12-26(13-10-24)36-32-18-17-29(39-32)20-28-15-16-30(38-28)22-35-37(2,3)23-31(40-35)21-33-27(19-34(36)41-33)14-11-25-7-5-4-6-8-25/h4-10,12-13,15-22,38-39H,23H2,1-3H3. The summed E-state index contributed by atoms with van der Waals surface area (Å²) >= 11 is 0. The van der Waals surface area contributed by atoms with Gasteiger partial charge in [0.2, 0.25) is 0 Å². The Bertz CT molecular complexity index is 2040. The van der Waals surface area contributed by atoms with Gasteiger partial charge in [0.1, 0.15) is 0 Å². The molecular formula is C37H30N4. The second kappa shape index (κ2) is 9.80. The lowest BCUT2D eigenvalue weighted by Crippen LogP contribution is -2.14. The molecule has 41 heavy (non-hydrogen) atoms. The van der Waals surface area contributed by atoms with Gasteiger partial charge in [-0.1, -0.05) is 73.7 Å². The average molecular weight is 531 g/mol. The monoisotopic (exact) mass is 530 g/mol. The fraction of sp³-hybridized carbons (Fsp3) is 0.135. The van der Waals surface area contributed by atoms with Gasteiger partial charge >= 0.3 is 0 Å². The Labute approximate surface area is 239 Å². The maximum absolute atomic E-state index is 5.21. The molecule has 2 aromatic carbocycles. The van der Waals surface area contributed by atoms with E-state index in [9.17, 15) is 0 Å². The average Bonchev–Trinajstić information content (AvgIpc) is 3.74. The highest BCUT2D eigenvalue weighted by atomic mass is 14.8. The zero-order valence-corrected chi connectivity index (χ0v) is 23.4. The van der Waals surface area contributed by atoms with Gasteiger partial charge in [-0.25, -0.2) is 4.98 Å². The van der Waals surface area contributed by atoms with Crippen molar-refractivity contribution >= 4 is 33.7 Å². The molecular weight excluding hydrogens is 500 g/mol. The van der Waals surface area contributed by atoms with E-state index in [0.29, 0.717) is 0 Å². The minimum atomic E-state index is -0.0901. The molecule has 0 unspecified atom stereocenters. The number of benzene rings is 2. The lowest BCUT2D eigenvalue weighted by atomic mass is 9.87. The van der Waals surface area contributed by atoms with Crippen molar-refractivity contribution in [2.24, 2.45) is 0 Å². The van der Waals surface area contributed by atoms with Crippen LogP contribution in [0, 0.1) is 18.8 Å². The highest BCUT2D eigenvalue weighted by Crippen LogP contribution is 2.35. The number of hydrogen-bond acceptors (Lipinski definition) is 2. The fourth-order valence-electron chi connectivity index (χ4n) is 5.51. The summed E-state index contributed by atoms with van der Waals surface area (Å²) in [6.45, 7) is 6.60. The maximum Gasteiger partial charge on any atom is 0.0812 e. The first-order valence-corrected chi connectivity index (χ1v) is 14.0. The van der Waals surface area contributed by atoms with Crippen molar-refractivity contribution in [3.8, 4) is 23.0 Å². The number of allylic oxidation sites excluding steroid dienone is 1. The molecule has 2 aliphatic rings. The molecule has 2 N–H and O–H groups in total. The van der Waals surface area contributed by atoms with Crippen LogP contribution in [-0.4, -0.2) is 19.9 Å². The summed E-state index contributed by atoms with van der Waals surface area (Å²) in [4.78, 5) is 17.5. The van der Waals surface area contributed by atoms with E-state index in [1.165, 1.54) is 5.56 Å². The number of hydrogen-bond donors (Lipinski definition) is 2. The number of fused-ring (bicyclic) bond motifs is 8. The second-order valence-electron chi connectivity index (χ2n) is 11.5. The molecule has 5 aromatic rings. The van der Waals surface area contributed by atoms with Crippen molar-refractivity contribution in [2.45, 2.75) is 32.6 Å². The molecule has 198 valence electrons. The molecule has 0 fully saturated rings. The van der Waals surface area contributed by atoms with Gasteiger partial charge in [0.25, 0.3) is 0 Å². The summed E-state index contributed by atoms with van der Waals surface area (Å²) in [5.74, 6) is 6.77. The predicted octanol–water partition coefficient (Wildman–Crippen LogP) is 8.40. The Kier molecular flexibility index (Phi) is 5.94. The summed E-state index contributed by atoms with van der Waals surface area (Å²) in [5, 5.41) is 0. The summed E-state index contributed by atoms with van der Waals surface area (Å²) in [5.41, 5.74) is 13.0. The van der Waals surface area contributed by atoms with Crippen LogP contribution < -0.4 is 0 Å². The van der Waals surface area contributed by atoms with Crippen LogP contribution in [0.3, 0.4) is 0 Å². The molecule has 0 saturated heterocycles. The van der Waals surface area contributed by atoms with Crippen LogP contribution in [0.15, 0.2) is 97.1 Å². The molecule has 4 heteroatoms. The van der Waals surface area contributed by atoms with Gasteiger partial charge in [-0.3, -0.25) is 4.98 Å². The molecule has 8 bridgehead atoms. The Balaban J connectivity index is 1.56. The lowest BCUT2D eigenvalue weighted by molar-refractivity contribution is 0.543. The zero-order chi connectivity index (χ0) is 28.0. The predicted molar refractivity (Wildman–Crippen MR) is 169 cm³/mol. The summed E-state index contributed by atoms with van der Waals surface area (Å²) < 4.78 is 0. The normalized spacial score (nSPS) is 13.8. The van der Waals surface area contributed by atoms with E-state index in [1.54, 1.807) is 0 Å². The highest BCUT2D eigenvalue weighted by Gasteiger charge is 2.29. The number of aryl methyl sites for hydroxylation is 1. The van der Waals surface area contributed by atoms with Crippen molar-refractivity contribution in [3.05, 3.63) is 131 Å². The molecule has 0 radical (unpaired) electrons. The van der Waals surface area contributed by atoms with Crippen LogP contribution in [0.4, 0.5) is 0 Å². The van der Waals surface area contributed by atoms with Gasteiger partial charge in [0, 0.05) is 56.4 Å². The minimum absolute atomic E-state index is 0.0901. The van der Waals surface area contributed by atoms with Crippen LogP contribution in [0.5, 0.6) is 0 Å². The third-order valence-electron chi connectivity index (χ3n) is 7.71. The van der Waals surface area contributed by atoms with E-state index >= 15 is 0 Å². The number of aromatic amines is 2. The Morgan fingerprint density at radius 3 is 2.27 bits per heavy atom. The highest BCUT2D eigenvalue weighted by molar-refractivity contribution is 5.98. The van der Waals surface area contributed by atoms with E-state index in [2.05, 4.69) is 115 Å². The molecule has 0 spiro atoms. The first-order valence-electron chi connectivity index (χ1n) is 14.0. The molecule has 4 nitrogen and oxygen atoms in total. The quantitative estimate of drug-likeness (QED) is 0.214. The van der Waals surface area contributed by atoms with Crippen LogP contribution in [0.25, 0.3) is 44.8 Å². The van der Waals surface area contributed by atoms with Gasteiger partial charge in [0.15, 0.2) is 0 Å². The maximum atomic E-state index is 5.21. The van der Waals surface area contributed by atoms with Gasteiger partial charge < -0.3 is 9.97 Å². The van der Waals surface area contributed by atoms with E-state index in [4.69, 9.17) is 9.97 Å². The first-order chi connectivity index (χ1) is 19.9. The van der Waals surface area contributed by atoms with Crippen LogP contribution >= 0.6 is 0 Å². The van der Waals surface area contributed by atoms with Gasteiger partial charge in [-0.15, -0.1) is 0 Å². The summed E-state index contributed by atoms with van der Waals surface area (Å²) in [7, 11) is 0. The summed E-state index contributed by atoms with van der Waals surface area (Å²) in [6, 6.07) is 33.6. The molecule has 0 aliphatic carbocycles. The van der Waals surface area contributed by atoms with Crippen molar-refractivity contribution in [1.29, 1.82) is 0 Å². The van der Waals surface area contributed by atoms with Gasteiger partial charge in [0.05, 0.1) is 17.0 Å². The van der Waals surface area contributed by atoms with Gasteiger partial charge in [-0.2, -0.15) is 0 Å². The number of aromatic nitrogens is 4. The van der Waals surface area contributed by atoms with Crippen molar-refractivity contribution in [2.75, 3.05) is 0 Å². The Morgan fingerprint density at radius 2 is 1.46 bits per heavy atom. The number of nitrogens with one attached hydrogen (secondary N) is 2. The topological polar surface area (TPSA) is 57.4 Å². The number of rotatable bonds is 1. The second-order valence-corrected chi connectivity index (χ2v) is 11.5. The number of nitrogens with zero attached hydrogens (tertiary/aromatic N) is 2. The smallest absolute Gasteiger partial charge is 0.0812 e. The molecule has 0 amide bonds. The molecule has 0 atom stereocenters. The van der Waals surface area contributed by atoms with Crippen LogP contribution in [-0.2, 0) is 11.8 Å². The molecule has 7 rings (SSSR count). The molecule has 2 aliphatic heterocycles. The van der Waals surface area contributed by atoms with Crippen molar-refractivity contribution < 1.29 is 0 Å². The Morgan fingerprint density at radius 1 is 0.732 bits per heavy atom.